The molecule has 6 aliphatic rings. The lowest BCUT2D eigenvalue weighted by atomic mass is 9.35. The van der Waals surface area contributed by atoms with E-state index < -0.39 is 0 Å². The number of nitrogens with zero attached hydrogens (tertiary/aromatic N) is 2. The SMILES string of the molecule is Cc1cc2c3c(c1)N(c1ccc4c(c1)C(C)(C)CCC4(C)C)c1c(sc4c1C(C)(C)CCC4(C)C)B3c1cc3c(cc1N2c1cc2c(cc1-c1ccccc1)C(C)(C)CCC2(C)C)C(C)(C)CCC3(C)C. The zero-order valence-corrected chi connectivity index (χ0v) is 47.4. The van der Waals surface area contributed by atoms with Crippen LogP contribution < -0.4 is 25.5 Å². The highest BCUT2D eigenvalue weighted by Crippen LogP contribution is 2.59. The molecule has 0 fully saturated rings. The Balaban J connectivity index is 1.25. The molecule has 0 saturated carbocycles. The second-order valence-corrected chi connectivity index (χ2v) is 29.9. The number of hydrogen-bond acceptors (Lipinski definition) is 3. The van der Waals surface area contributed by atoms with Crippen LogP contribution in [0.2, 0.25) is 0 Å². The van der Waals surface area contributed by atoms with E-state index in [4.69, 9.17) is 0 Å². The minimum Gasteiger partial charge on any atom is -0.311 e. The molecule has 2 nitrogen and oxygen atoms in total. The summed E-state index contributed by atoms with van der Waals surface area (Å²) >= 11 is 2.17. The van der Waals surface area contributed by atoms with E-state index in [2.05, 4.69) is 224 Å². The third-order valence-electron chi connectivity index (χ3n) is 20.1. The maximum atomic E-state index is 2.82. The highest BCUT2D eigenvalue weighted by molar-refractivity contribution is 7.29. The highest BCUT2D eigenvalue weighted by Gasteiger charge is 2.53. The topological polar surface area (TPSA) is 6.48 Å². The van der Waals surface area contributed by atoms with Crippen molar-refractivity contribution in [2.24, 2.45) is 0 Å². The van der Waals surface area contributed by atoms with E-state index in [1.165, 1.54) is 141 Å². The molecule has 0 radical (unpaired) electrons. The normalized spacial score (nSPS) is 22.5. The van der Waals surface area contributed by atoms with Gasteiger partial charge in [-0.15, -0.1) is 0 Å². The number of benzene rings is 5. The number of fused-ring (bicyclic) bond motifs is 9. The fourth-order valence-electron chi connectivity index (χ4n) is 14.9. The molecule has 4 heteroatoms. The Labute approximate surface area is 433 Å². The van der Waals surface area contributed by atoms with Crippen molar-refractivity contribution < 1.29 is 0 Å². The molecular weight excluding hydrogens is 876 g/mol. The molecule has 0 bridgehead atoms. The lowest BCUT2D eigenvalue weighted by Gasteiger charge is -2.48. The molecule has 71 heavy (non-hydrogen) atoms. The van der Waals surface area contributed by atoms with Crippen molar-refractivity contribution >= 4 is 67.9 Å². The molecule has 0 spiro atoms. The molecule has 5 aromatic carbocycles. The van der Waals surface area contributed by atoms with Crippen molar-refractivity contribution in [3.05, 3.63) is 134 Å². The summed E-state index contributed by atoms with van der Waals surface area (Å²) in [5.74, 6) is 0. The van der Waals surface area contributed by atoms with Crippen molar-refractivity contribution in [3.63, 3.8) is 0 Å². The first kappa shape index (κ1) is 47.5. The first-order chi connectivity index (χ1) is 33.0. The van der Waals surface area contributed by atoms with Crippen LogP contribution in [-0.4, -0.2) is 6.71 Å². The average molecular weight is 957 g/mol. The van der Waals surface area contributed by atoms with Gasteiger partial charge in [-0.05, 0) is 205 Å². The van der Waals surface area contributed by atoms with Gasteiger partial charge < -0.3 is 9.80 Å². The Morgan fingerprint density at radius 2 is 0.887 bits per heavy atom. The van der Waals surface area contributed by atoms with E-state index in [1.54, 1.807) is 20.8 Å². The van der Waals surface area contributed by atoms with Crippen LogP contribution in [0.15, 0.2) is 84.9 Å². The Hall–Kier alpha value is -4.54. The monoisotopic (exact) mass is 957 g/mol. The van der Waals surface area contributed by atoms with Crippen molar-refractivity contribution in [3.8, 4) is 11.1 Å². The number of hydrogen-bond donors (Lipinski definition) is 0. The molecule has 0 atom stereocenters. The van der Waals surface area contributed by atoms with Gasteiger partial charge in [0.15, 0.2) is 0 Å². The van der Waals surface area contributed by atoms with Gasteiger partial charge >= 0.3 is 0 Å². The molecule has 0 amide bonds. The molecule has 0 N–H and O–H groups in total. The van der Waals surface area contributed by atoms with E-state index in [-0.39, 0.29) is 50.0 Å². The van der Waals surface area contributed by atoms with Crippen LogP contribution in [-0.2, 0) is 43.3 Å². The van der Waals surface area contributed by atoms with Gasteiger partial charge in [0.05, 0.1) is 11.4 Å². The molecule has 3 heterocycles. The van der Waals surface area contributed by atoms with Crippen LogP contribution in [0.25, 0.3) is 11.1 Å². The van der Waals surface area contributed by atoms with Crippen molar-refractivity contribution in [2.75, 3.05) is 9.80 Å². The van der Waals surface area contributed by atoms with Gasteiger partial charge in [-0.2, -0.15) is 11.3 Å². The summed E-state index contributed by atoms with van der Waals surface area (Å²) in [6.07, 6.45) is 9.52. The first-order valence-corrected chi connectivity index (χ1v) is 28.4. The van der Waals surface area contributed by atoms with Gasteiger partial charge in [-0.1, -0.05) is 153 Å². The van der Waals surface area contributed by atoms with E-state index in [0.717, 1.165) is 0 Å². The standard InChI is InChI=1S/C67H81BN2S/c1-40-33-53-56-54(34-40)70(51-38-48-46(62(6,7)27-29-64(48,10)11)36-43(51)41-21-19-18-20-22-41)52-39-49-47(63(8,9)28-30-65(49,12)13)37-50(52)68(56)59-57(55-58(71-59)67(16,17)32-31-66(55,14)15)69(53)42-23-24-44-45(35-42)61(4,5)26-25-60(44,2)3/h18-24,33-39H,25-32H2,1-17H3. The Morgan fingerprint density at radius 1 is 0.423 bits per heavy atom. The predicted molar refractivity (Wildman–Crippen MR) is 310 cm³/mol. The lowest BCUT2D eigenvalue weighted by molar-refractivity contribution is 0.332. The summed E-state index contributed by atoms with van der Waals surface area (Å²) in [7, 11) is 0. The molecule has 1 aromatic heterocycles. The maximum Gasteiger partial charge on any atom is 0.264 e. The minimum absolute atomic E-state index is 0.0203. The summed E-state index contributed by atoms with van der Waals surface area (Å²) in [5.41, 5.74) is 26.3. The molecule has 0 unspecified atom stereocenters. The minimum atomic E-state index is 0.0203. The second-order valence-electron chi connectivity index (χ2n) is 28.9. The van der Waals surface area contributed by atoms with Crippen LogP contribution in [0.5, 0.6) is 0 Å². The summed E-state index contributed by atoms with van der Waals surface area (Å²) in [4.78, 5) is 7.22. The molecule has 0 saturated heterocycles. The zero-order chi connectivity index (χ0) is 50.5. The summed E-state index contributed by atoms with van der Waals surface area (Å²) in [6, 6.07) is 35.0. The smallest absolute Gasteiger partial charge is 0.264 e. The molecular formula is C67H81BN2S. The van der Waals surface area contributed by atoms with Gasteiger partial charge in [0, 0.05) is 38.0 Å². The van der Waals surface area contributed by atoms with Crippen LogP contribution in [0.4, 0.5) is 34.1 Å². The van der Waals surface area contributed by atoms with Gasteiger partial charge in [-0.25, -0.2) is 0 Å². The maximum absolute atomic E-state index is 2.82. The number of anilines is 6. The van der Waals surface area contributed by atoms with E-state index >= 15 is 0 Å². The van der Waals surface area contributed by atoms with Crippen LogP contribution in [0.1, 0.15) is 212 Å². The van der Waals surface area contributed by atoms with Crippen molar-refractivity contribution in [1.29, 1.82) is 0 Å². The number of thiophene rings is 1. The van der Waals surface area contributed by atoms with Gasteiger partial charge in [0.1, 0.15) is 0 Å². The molecule has 4 aliphatic carbocycles. The third-order valence-corrected chi connectivity index (χ3v) is 21.7. The fourth-order valence-corrected chi connectivity index (χ4v) is 16.6. The second kappa shape index (κ2) is 14.8. The quantitative estimate of drug-likeness (QED) is 0.163. The third kappa shape index (κ3) is 6.83. The summed E-state index contributed by atoms with van der Waals surface area (Å²) in [6.45, 7) is 42.7. The van der Waals surface area contributed by atoms with Gasteiger partial charge in [-0.3, -0.25) is 0 Å². The molecule has 6 aromatic rings. The molecule has 12 rings (SSSR count). The Kier molecular flexibility index (Phi) is 9.91. The van der Waals surface area contributed by atoms with E-state index in [1.807, 2.05) is 0 Å². The first-order valence-electron chi connectivity index (χ1n) is 27.6. The van der Waals surface area contributed by atoms with Crippen LogP contribution in [0.3, 0.4) is 0 Å². The molecule has 2 aliphatic heterocycles. The van der Waals surface area contributed by atoms with Gasteiger partial charge in [0.2, 0.25) is 0 Å². The summed E-state index contributed by atoms with van der Waals surface area (Å²) < 4.78 is 1.54. The summed E-state index contributed by atoms with van der Waals surface area (Å²) in [5, 5.41) is 0. The Bertz CT molecular complexity index is 3240. The van der Waals surface area contributed by atoms with Crippen LogP contribution in [0, 0.1) is 6.92 Å². The average Bonchev–Trinajstić information content (AvgIpc) is 3.72. The number of rotatable bonds is 3. The molecule has 368 valence electrons. The number of aryl methyl sites for hydroxylation is 1. The van der Waals surface area contributed by atoms with Crippen LogP contribution >= 0.6 is 11.3 Å². The fraction of sp³-hybridized carbons (Fsp3) is 0.493. The van der Waals surface area contributed by atoms with E-state index in [9.17, 15) is 0 Å². The predicted octanol–water partition coefficient (Wildman–Crippen LogP) is 17.2. The van der Waals surface area contributed by atoms with E-state index in [0.29, 0.717) is 0 Å². The Morgan fingerprint density at radius 3 is 1.46 bits per heavy atom. The van der Waals surface area contributed by atoms with Crippen molar-refractivity contribution in [1.82, 2.24) is 0 Å². The van der Waals surface area contributed by atoms with Crippen molar-refractivity contribution in [2.45, 2.75) is 212 Å². The van der Waals surface area contributed by atoms with Gasteiger partial charge in [0.25, 0.3) is 6.71 Å². The largest absolute Gasteiger partial charge is 0.311 e. The zero-order valence-electron chi connectivity index (χ0n) is 46.6. The lowest BCUT2D eigenvalue weighted by Crippen LogP contribution is -2.61. The highest BCUT2D eigenvalue weighted by atomic mass is 32.1.